The second kappa shape index (κ2) is 2.86. The van der Waals surface area contributed by atoms with Crippen molar-refractivity contribution in [1.29, 1.82) is 0 Å². The second-order valence-corrected chi connectivity index (χ2v) is 3.04. The van der Waals surface area contributed by atoms with Gasteiger partial charge in [-0.1, -0.05) is 0 Å². The van der Waals surface area contributed by atoms with Gasteiger partial charge in [0.25, 0.3) is 0 Å². The molecule has 12 heavy (non-hydrogen) atoms. The molecule has 0 aliphatic heterocycles. The van der Waals surface area contributed by atoms with Crippen LogP contribution in [0.15, 0.2) is 17.8 Å². The summed E-state index contributed by atoms with van der Waals surface area (Å²) in [7, 11) is 0. The van der Waals surface area contributed by atoms with Crippen LogP contribution in [0.4, 0.5) is 0 Å². The highest BCUT2D eigenvalue weighted by molar-refractivity contribution is 7.13. The van der Waals surface area contributed by atoms with E-state index >= 15 is 0 Å². The molecule has 0 saturated carbocycles. The Bertz CT molecular complexity index is 379. The van der Waals surface area contributed by atoms with Crippen LogP contribution in [-0.2, 0) is 0 Å². The number of aromatic nitrogens is 3. The van der Waals surface area contributed by atoms with Crippen molar-refractivity contribution in [2.24, 2.45) is 0 Å². The van der Waals surface area contributed by atoms with E-state index in [0.717, 1.165) is 16.9 Å². The van der Waals surface area contributed by atoms with Gasteiger partial charge in [0.1, 0.15) is 10.7 Å². The van der Waals surface area contributed by atoms with E-state index < -0.39 is 0 Å². The van der Waals surface area contributed by atoms with Crippen LogP contribution in [0.5, 0.6) is 0 Å². The van der Waals surface area contributed by atoms with Crippen LogP contribution in [0.1, 0.15) is 10.5 Å². The van der Waals surface area contributed by atoms with E-state index in [1.54, 1.807) is 17.8 Å². The van der Waals surface area contributed by atoms with Crippen molar-refractivity contribution >= 4 is 17.6 Å². The molecule has 1 N–H and O–H groups in total. The quantitative estimate of drug-likeness (QED) is 0.708. The molecule has 0 unspecified atom stereocenters. The van der Waals surface area contributed by atoms with E-state index in [4.69, 9.17) is 0 Å². The topological polar surface area (TPSA) is 58.6 Å². The van der Waals surface area contributed by atoms with Gasteiger partial charge in [-0.3, -0.25) is 9.89 Å². The molecule has 0 saturated heterocycles. The molecule has 2 rings (SSSR count). The fourth-order valence-electron chi connectivity index (χ4n) is 0.841. The van der Waals surface area contributed by atoms with Gasteiger partial charge < -0.3 is 0 Å². The molecule has 0 aliphatic carbocycles. The summed E-state index contributed by atoms with van der Waals surface area (Å²) in [5, 5.41) is 9.00. The Balaban J connectivity index is 2.41. The lowest BCUT2D eigenvalue weighted by Crippen LogP contribution is -1.77. The van der Waals surface area contributed by atoms with Crippen molar-refractivity contribution in [3.8, 4) is 10.6 Å². The van der Waals surface area contributed by atoms with Crippen LogP contribution in [0.2, 0.25) is 0 Å². The Labute approximate surface area is 72.3 Å². The predicted molar refractivity (Wildman–Crippen MR) is 45.1 cm³/mol. The number of H-pyrrole nitrogens is 1. The van der Waals surface area contributed by atoms with Gasteiger partial charge >= 0.3 is 0 Å². The number of aromatic amines is 1. The summed E-state index contributed by atoms with van der Waals surface area (Å²) in [6, 6.07) is 0. The lowest BCUT2D eigenvalue weighted by Gasteiger charge is -1.83. The van der Waals surface area contributed by atoms with Gasteiger partial charge in [0, 0.05) is 17.1 Å². The summed E-state index contributed by atoms with van der Waals surface area (Å²) >= 11 is 1.43. The Morgan fingerprint density at radius 2 is 2.50 bits per heavy atom. The third-order valence-corrected chi connectivity index (χ3v) is 2.30. The minimum atomic E-state index is 0.469. The third-order valence-electron chi connectivity index (χ3n) is 1.39. The Kier molecular flexibility index (Phi) is 1.71. The summed E-state index contributed by atoms with van der Waals surface area (Å²) in [5.41, 5.74) is 1.38. The lowest BCUT2D eigenvalue weighted by atomic mass is 10.4. The van der Waals surface area contributed by atoms with E-state index in [1.165, 1.54) is 11.3 Å². The maximum atomic E-state index is 10.3. The number of thiazole rings is 1. The van der Waals surface area contributed by atoms with Gasteiger partial charge in [-0.2, -0.15) is 5.10 Å². The minimum absolute atomic E-state index is 0.469. The summed E-state index contributed by atoms with van der Waals surface area (Å²) in [4.78, 5) is 14.4. The van der Waals surface area contributed by atoms with Crippen molar-refractivity contribution in [2.75, 3.05) is 0 Å². The van der Waals surface area contributed by atoms with Gasteiger partial charge in [0.15, 0.2) is 6.29 Å². The molecular formula is C7H5N3OS. The molecule has 0 amide bonds. The van der Waals surface area contributed by atoms with Crippen LogP contribution in [0, 0.1) is 0 Å². The van der Waals surface area contributed by atoms with Crippen molar-refractivity contribution in [3.63, 3.8) is 0 Å². The number of rotatable bonds is 2. The average Bonchev–Trinajstić information content (AvgIpc) is 2.75. The minimum Gasteiger partial charge on any atom is -0.296 e. The molecule has 0 bridgehead atoms. The van der Waals surface area contributed by atoms with Gasteiger partial charge in [0.05, 0.1) is 6.20 Å². The van der Waals surface area contributed by atoms with E-state index in [9.17, 15) is 4.79 Å². The molecule has 2 aromatic heterocycles. The lowest BCUT2D eigenvalue weighted by molar-refractivity contribution is 0.111. The van der Waals surface area contributed by atoms with Crippen LogP contribution >= 0.6 is 11.3 Å². The Morgan fingerprint density at radius 1 is 1.58 bits per heavy atom. The molecule has 0 radical (unpaired) electrons. The van der Waals surface area contributed by atoms with Crippen LogP contribution in [0.25, 0.3) is 10.6 Å². The fourth-order valence-corrected chi connectivity index (χ4v) is 1.59. The molecule has 4 nitrogen and oxygen atoms in total. The van der Waals surface area contributed by atoms with Gasteiger partial charge in [0.2, 0.25) is 0 Å². The smallest absolute Gasteiger partial charge is 0.169 e. The molecule has 2 aromatic rings. The third kappa shape index (κ3) is 1.14. The average molecular weight is 179 g/mol. The molecule has 0 fully saturated rings. The number of carbonyl (C=O) groups is 1. The zero-order chi connectivity index (χ0) is 8.39. The first-order valence-corrected chi connectivity index (χ1v) is 4.18. The zero-order valence-corrected chi connectivity index (χ0v) is 6.84. The molecule has 0 aromatic carbocycles. The van der Waals surface area contributed by atoms with Crippen molar-refractivity contribution in [3.05, 3.63) is 23.5 Å². The second-order valence-electron chi connectivity index (χ2n) is 2.18. The maximum Gasteiger partial charge on any atom is 0.169 e. The van der Waals surface area contributed by atoms with Crippen LogP contribution in [0.3, 0.4) is 0 Å². The number of carbonyl (C=O) groups excluding carboxylic acids is 1. The van der Waals surface area contributed by atoms with E-state index in [-0.39, 0.29) is 0 Å². The molecule has 0 aliphatic rings. The zero-order valence-electron chi connectivity index (χ0n) is 6.02. The number of hydrogen-bond donors (Lipinski definition) is 1. The monoisotopic (exact) mass is 179 g/mol. The van der Waals surface area contributed by atoms with E-state index in [1.807, 2.05) is 0 Å². The maximum absolute atomic E-state index is 10.3. The van der Waals surface area contributed by atoms with Gasteiger partial charge in [-0.15, -0.1) is 11.3 Å². The standard InChI is InChI=1S/C7H5N3OS/c11-3-6-4-12-7(10-6)5-1-8-9-2-5/h1-4H,(H,8,9). The summed E-state index contributed by atoms with van der Waals surface area (Å²) in [6.45, 7) is 0. The highest BCUT2D eigenvalue weighted by Crippen LogP contribution is 2.21. The SMILES string of the molecule is O=Cc1csc(-c2cn[nH]c2)n1. The molecule has 5 heteroatoms. The first kappa shape index (κ1) is 7.17. The number of hydrogen-bond acceptors (Lipinski definition) is 4. The largest absolute Gasteiger partial charge is 0.296 e. The van der Waals surface area contributed by atoms with Gasteiger partial charge in [-0.25, -0.2) is 4.98 Å². The highest BCUT2D eigenvalue weighted by atomic mass is 32.1. The Hall–Kier alpha value is -1.49. The molecule has 60 valence electrons. The predicted octanol–water partition coefficient (Wildman–Crippen LogP) is 1.35. The number of aldehydes is 1. The molecule has 0 atom stereocenters. The Morgan fingerprint density at radius 3 is 3.08 bits per heavy atom. The van der Waals surface area contributed by atoms with Crippen molar-refractivity contribution in [2.45, 2.75) is 0 Å². The number of nitrogens with one attached hydrogen (secondary N) is 1. The van der Waals surface area contributed by atoms with Crippen molar-refractivity contribution < 1.29 is 4.79 Å². The fraction of sp³-hybridized carbons (Fsp3) is 0. The first-order valence-electron chi connectivity index (χ1n) is 3.30. The highest BCUT2D eigenvalue weighted by Gasteiger charge is 2.03. The molecular weight excluding hydrogens is 174 g/mol. The summed E-state index contributed by atoms with van der Waals surface area (Å²) < 4.78 is 0. The first-order chi connectivity index (χ1) is 5.90. The normalized spacial score (nSPS) is 10.0. The number of nitrogens with zero attached hydrogens (tertiary/aromatic N) is 2. The van der Waals surface area contributed by atoms with E-state index in [0.29, 0.717) is 5.69 Å². The van der Waals surface area contributed by atoms with Crippen LogP contribution in [-0.4, -0.2) is 21.5 Å². The molecule has 2 heterocycles. The van der Waals surface area contributed by atoms with E-state index in [2.05, 4.69) is 15.2 Å². The van der Waals surface area contributed by atoms with Crippen molar-refractivity contribution in [1.82, 2.24) is 15.2 Å². The summed E-state index contributed by atoms with van der Waals surface area (Å²) in [5.74, 6) is 0. The van der Waals surface area contributed by atoms with Crippen LogP contribution < -0.4 is 0 Å². The summed E-state index contributed by atoms with van der Waals surface area (Å²) in [6.07, 6.45) is 4.15. The molecule has 0 spiro atoms. The van der Waals surface area contributed by atoms with Gasteiger partial charge in [-0.05, 0) is 0 Å².